The molecule has 0 amide bonds. The fraction of sp³-hybridized carbons (Fsp3) is 0.300. The molecule has 76 valence electrons. The number of rotatable bonds is 4. The van der Waals surface area contributed by atoms with Crippen LogP contribution in [-0.4, -0.2) is 11.4 Å². The van der Waals surface area contributed by atoms with Crippen LogP contribution in [0.1, 0.15) is 24.0 Å². The number of carbonyl (C=O) groups is 1. The predicted molar refractivity (Wildman–Crippen MR) is 47.4 cm³/mol. The Morgan fingerprint density at radius 1 is 1.43 bits per heavy atom. The maximum absolute atomic E-state index is 12.2. The summed E-state index contributed by atoms with van der Waals surface area (Å²) in [4.78, 5) is 10.1. The van der Waals surface area contributed by atoms with E-state index in [-0.39, 0.29) is 5.56 Å². The molecule has 0 bridgehead atoms. The normalized spacial score (nSPS) is 10.5. The van der Waals surface area contributed by atoms with Crippen LogP contribution >= 0.6 is 0 Å². The molecule has 0 aliphatic rings. The smallest absolute Gasteiger partial charge is 0.267 e. The Hall–Kier alpha value is -1.45. The lowest BCUT2D eigenvalue weighted by Crippen LogP contribution is -1.90. The van der Waals surface area contributed by atoms with Crippen molar-refractivity contribution in [1.82, 2.24) is 0 Å². The van der Waals surface area contributed by atoms with Crippen molar-refractivity contribution in [1.29, 1.82) is 0 Å². The van der Waals surface area contributed by atoms with Crippen molar-refractivity contribution in [2.75, 3.05) is 0 Å². The SMILES string of the molecule is O=CCCc1ccc(C(F)F)c(O)c1. The zero-order chi connectivity index (χ0) is 10.6. The van der Waals surface area contributed by atoms with Crippen LogP contribution in [0.15, 0.2) is 18.2 Å². The second kappa shape index (κ2) is 4.69. The van der Waals surface area contributed by atoms with Crippen LogP contribution in [0, 0.1) is 0 Å². The average molecular weight is 200 g/mol. The van der Waals surface area contributed by atoms with Crippen LogP contribution in [0.5, 0.6) is 5.75 Å². The lowest BCUT2D eigenvalue weighted by molar-refractivity contribution is -0.107. The molecule has 0 radical (unpaired) electrons. The minimum Gasteiger partial charge on any atom is -0.507 e. The lowest BCUT2D eigenvalue weighted by atomic mass is 10.1. The van der Waals surface area contributed by atoms with Gasteiger partial charge in [-0.25, -0.2) is 8.78 Å². The van der Waals surface area contributed by atoms with Gasteiger partial charge in [0.2, 0.25) is 0 Å². The first-order valence-corrected chi connectivity index (χ1v) is 4.18. The van der Waals surface area contributed by atoms with Gasteiger partial charge in [0.25, 0.3) is 6.43 Å². The number of aldehydes is 1. The van der Waals surface area contributed by atoms with Crippen LogP contribution in [-0.2, 0) is 11.2 Å². The topological polar surface area (TPSA) is 37.3 Å². The van der Waals surface area contributed by atoms with Crippen LogP contribution in [0.25, 0.3) is 0 Å². The van der Waals surface area contributed by atoms with Crippen molar-refractivity contribution < 1.29 is 18.7 Å². The first-order chi connectivity index (χ1) is 6.65. The molecule has 1 aromatic carbocycles. The fourth-order valence-corrected chi connectivity index (χ4v) is 1.15. The van der Waals surface area contributed by atoms with Gasteiger partial charge in [0.15, 0.2) is 0 Å². The zero-order valence-corrected chi connectivity index (χ0v) is 7.41. The second-order valence-electron chi connectivity index (χ2n) is 2.90. The van der Waals surface area contributed by atoms with Crippen LogP contribution < -0.4 is 0 Å². The molecule has 1 rings (SSSR count). The maximum atomic E-state index is 12.2. The summed E-state index contributed by atoms with van der Waals surface area (Å²) in [6.45, 7) is 0. The summed E-state index contributed by atoms with van der Waals surface area (Å²) in [5.41, 5.74) is 0.304. The molecule has 0 fully saturated rings. The number of alkyl halides is 2. The maximum Gasteiger partial charge on any atom is 0.267 e. The van der Waals surface area contributed by atoms with Gasteiger partial charge in [0, 0.05) is 6.42 Å². The van der Waals surface area contributed by atoms with Gasteiger partial charge in [-0.05, 0) is 24.1 Å². The molecule has 4 heteroatoms. The van der Waals surface area contributed by atoms with E-state index < -0.39 is 12.2 Å². The van der Waals surface area contributed by atoms with Crippen molar-refractivity contribution in [3.63, 3.8) is 0 Å². The molecule has 1 N–H and O–H groups in total. The summed E-state index contributed by atoms with van der Waals surface area (Å²) in [5, 5.41) is 9.19. The summed E-state index contributed by atoms with van der Waals surface area (Å²) in [5.74, 6) is -0.414. The van der Waals surface area contributed by atoms with E-state index in [4.69, 9.17) is 0 Å². The summed E-state index contributed by atoms with van der Waals surface area (Å²) in [6, 6.07) is 3.94. The number of hydrogen-bond donors (Lipinski definition) is 1. The molecule has 0 saturated carbocycles. The minimum absolute atomic E-state index is 0.327. The molecular formula is C10H10F2O2. The Labute approximate surface area is 80.2 Å². The highest BCUT2D eigenvalue weighted by molar-refractivity contribution is 5.50. The van der Waals surface area contributed by atoms with E-state index in [0.29, 0.717) is 18.4 Å². The molecule has 0 spiro atoms. The Bertz CT molecular complexity index is 324. The predicted octanol–water partition coefficient (Wildman–Crippen LogP) is 2.46. The van der Waals surface area contributed by atoms with Crippen LogP contribution in [0.3, 0.4) is 0 Å². The highest BCUT2D eigenvalue weighted by Gasteiger charge is 2.12. The van der Waals surface area contributed by atoms with Gasteiger partial charge in [-0.15, -0.1) is 0 Å². The van der Waals surface area contributed by atoms with Gasteiger partial charge in [-0.3, -0.25) is 0 Å². The van der Waals surface area contributed by atoms with E-state index in [9.17, 15) is 18.7 Å². The monoisotopic (exact) mass is 200 g/mol. The molecule has 0 aromatic heterocycles. The van der Waals surface area contributed by atoms with Crippen molar-refractivity contribution in [3.8, 4) is 5.75 Å². The number of halogens is 2. The standard InChI is InChI=1S/C10H10F2O2/c11-10(12)8-4-3-7(2-1-5-13)6-9(8)14/h3-6,10,14H,1-2H2. The van der Waals surface area contributed by atoms with Crippen LogP contribution in [0.4, 0.5) is 8.78 Å². The number of aryl methyl sites for hydroxylation is 1. The van der Waals surface area contributed by atoms with Gasteiger partial charge in [-0.2, -0.15) is 0 Å². The second-order valence-corrected chi connectivity index (χ2v) is 2.90. The first-order valence-electron chi connectivity index (χ1n) is 4.18. The quantitative estimate of drug-likeness (QED) is 0.758. The molecule has 2 nitrogen and oxygen atoms in total. The number of aromatic hydroxyl groups is 1. The van der Waals surface area contributed by atoms with Crippen molar-refractivity contribution >= 4 is 6.29 Å². The number of benzene rings is 1. The molecular weight excluding hydrogens is 190 g/mol. The molecule has 0 unspecified atom stereocenters. The van der Waals surface area contributed by atoms with Gasteiger partial charge in [-0.1, -0.05) is 6.07 Å². The average Bonchev–Trinajstić information content (AvgIpc) is 2.14. The Kier molecular flexibility index (Phi) is 3.56. The van der Waals surface area contributed by atoms with Crippen LogP contribution in [0.2, 0.25) is 0 Å². The third-order valence-electron chi connectivity index (χ3n) is 1.88. The summed E-state index contributed by atoms with van der Waals surface area (Å²) < 4.78 is 24.4. The van der Waals surface area contributed by atoms with E-state index in [0.717, 1.165) is 6.29 Å². The zero-order valence-electron chi connectivity index (χ0n) is 7.41. The molecule has 0 aliphatic heterocycles. The fourth-order valence-electron chi connectivity index (χ4n) is 1.15. The lowest BCUT2D eigenvalue weighted by Gasteiger charge is -2.05. The van der Waals surface area contributed by atoms with E-state index in [2.05, 4.69) is 0 Å². The Morgan fingerprint density at radius 3 is 2.64 bits per heavy atom. The third-order valence-corrected chi connectivity index (χ3v) is 1.88. The third kappa shape index (κ3) is 2.52. The molecule has 14 heavy (non-hydrogen) atoms. The van der Waals surface area contributed by atoms with Gasteiger partial charge in [0.05, 0.1) is 5.56 Å². The highest BCUT2D eigenvalue weighted by Crippen LogP contribution is 2.28. The molecule has 0 saturated heterocycles. The van der Waals surface area contributed by atoms with E-state index in [1.807, 2.05) is 0 Å². The molecule has 0 heterocycles. The largest absolute Gasteiger partial charge is 0.507 e. The highest BCUT2D eigenvalue weighted by atomic mass is 19.3. The van der Waals surface area contributed by atoms with Gasteiger partial charge in [0.1, 0.15) is 12.0 Å². The summed E-state index contributed by atoms with van der Waals surface area (Å²) >= 11 is 0. The summed E-state index contributed by atoms with van der Waals surface area (Å²) in [7, 11) is 0. The Balaban J connectivity index is 2.83. The van der Waals surface area contributed by atoms with Crippen molar-refractivity contribution in [2.45, 2.75) is 19.3 Å². The summed E-state index contributed by atoms with van der Waals surface area (Å²) in [6.07, 6.45) is -1.14. The number of carbonyl (C=O) groups excluding carboxylic acids is 1. The Morgan fingerprint density at radius 2 is 2.14 bits per heavy atom. The number of phenols is 1. The van der Waals surface area contributed by atoms with E-state index >= 15 is 0 Å². The van der Waals surface area contributed by atoms with Crippen molar-refractivity contribution in [3.05, 3.63) is 29.3 Å². The number of phenolic OH excluding ortho intramolecular Hbond substituents is 1. The molecule has 0 aliphatic carbocycles. The molecule has 1 aromatic rings. The first kappa shape index (κ1) is 10.6. The van der Waals surface area contributed by atoms with Crippen molar-refractivity contribution in [2.24, 2.45) is 0 Å². The molecule has 0 atom stereocenters. The van der Waals surface area contributed by atoms with E-state index in [1.165, 1.54) is 18.2 Å². The van der Waals surface area contributed by atoms with Gasteiger partial charge < -0.3 is 9.90 Å². The number of hydrogen-bond acceptors (Lipinski definition) is 2. The van der Waals surface area contributed by atoms with Gasteiger partial charge >= 0.3 is 0 Å². The van der Waals surface area contributed by atoms with E-state index in [1.54, 1.807) is 0 Å². The minimum atomic E-state index is -2.67.